The molecule has 1 amide bonds. The van der Waals surface area contributed by atoms with Crippen LogP contribution in [0.1, 0.15) is 47.0 Å². The Balaban J connectivity index is 1.70. The second kappa shape index (κ2) is 5.63. The van der Waals surface area contributed by atoms with Gasteiger partial charge in [0.2, 0.25) is 0 Å². The van der Waals surface area contributed by atoms with Gasteiger partial charge in [-0.2, -0.15) is 0 Å². The Morgan fingerprint density at radius 1 is 1.37 bits per heavy atom. The number of fused-ring (bicyclic) bond motifs is 1. The van der Waals surface area contributed by atoms with Crippen molar-refractivity contribution in [2.24, 2.45) is 5.92 Å². The van der Waals surface area contributed by atoms with Gasteiger partial charge < -0.3 is 10.6 Å². The summed E-state index contributed by atoms with van der Waals surface area (Å²) in [5.74, 6) is 0.922. The van der Waals surface area contributed by atoms with Gasteiger partial charge in [0.15, 0.2) is 0 Å². The summed E-state index contributed by atoms with van der Waals surface area (Å²) >= 11 is 1.77. The van der Waals surface area contributed by atoms with Crippen LogP contribution in [0, 0.1) is 5.92 Å². The third-order valence-corrected chi connectivity index (χ3v) is 5.37. The standard InChI is InChI=1S/C15H22N2OS/c1-10-2-3-12-13(9-19-14(12)8-10)15(18)17-11-4-6-16-7-5-11/h9-11,16H,2-8H2,1H3,(H,17,18). The third-order valence-electron chi connectivity index (χ3n) is 4.32. The lowest BCUT2D eigenvalue weighted by atomic mass is 9.88. The zero-order valence-corrected chi connectivity index (χ0v) is 12.3. The van der Waals surface area contributed by atoms with Gasteiger partial charge in [-0.1, -0.05) is 6.92 Å². The smallest absolute Gasteiger partial charge is 0.252 e. The molecule has 1 saturated heterocycles. The predicted octanol–water partition coefficient (Wildman–Crippen LogP) is 2.35. The van der Waals surface area contributed by atoms with Gasteiger partial charge in [0, 0.05) is 16.3 Å². The molecule has 2 aliphatic rings. The van der Waals surface area contributed by atoms with Crippen molar-refractivity contribution in [1.29, 1.82) is 0 Å². The van der Waals surface area contributed by atoms with Crippen LogP contribution in [0.15, 0.2) is 5.38 Å². The number of piperidine rings is 1. The second-order valence-electron chi connectivity index (χ2n) is 5.90. The first-order chi connectivity index (χ1) is 9.24. The minimum atomic E-state index is 0.152. The molecule has 1 unspecified atom stereocenters. The van der Waals surface area contributed by atoms with Gasteiger partial charge in [0.05, 0.1) is 5.56 Å². The van der Waals surface area contributed by atoms with E-state index in [1.807, 2.05) is 0 Å². The fraction of sp³-hybridized carbons (Fsp3) is 0.667. The van der Waals surface area contributed by atoms with E-state index in [2.05, 4.69) is 22.9 Å². The molecule has 1 aromatic heterocycles. The summed E-state index contributed by atoms with van der Waals surface area (Å²) < 4.78 is 0. The number of carbonyl (C=O) groups excluding carboxylic acids is 1. The fourth-order valence-corrected chi connectivity index (χ4v) is 4.34. The molecular weight excluding hydrogens is 256 g/mol. The Hall–Kier alpha value is -0.870. The van der Waals surface area contributed by atoms with Crippen molar-refractivity contribution in [2.75, 3.05) is 13.1 Å². The fourth-order valence-electron chi connectivity index (χ4n) is 3.10. The van der Waals surface area contributed by atoms with E-state index in [0.717, 1.165) is 50.3 Å². The molecule has 2 heterocycles. The van der Waals surface area contributed by atoms with E-state index in [9.17, 15) is 4.79 Å². The quantitative estimate of drug-likeness (QED) is 0.872. The van der Waals surface area contributed by atoms with Crippen molar-refractivity contribution >= 4 is 17.2 Å². The summed E-state index contributed by atoms with van der Waals surface area (Å²) in [7, 11) is 0. The molecule has 4 heteroatoms. The normalized spacial score (nSPS) is 23.9. The highest BCUT2D eigenvalue weighted by molar-refractivity contribution is 7.10. The van der Waals surface area contributed by atoms with Crippen LogP contribution in [-0.4, -0.2) is 25.0 Å². The number of amides is 1. The van der Waals surface area contributed by atoms with Gasteiger partial charge in [-0.05, 0) is 56.7 Å². The van der Waals surface area contributed by atoms with E-state index >= 15 is 0 Å². The van der Waals surface area contributed by atoms with Crippen LogP contribution in [0.5, 0.6) is 0 Å². The Bertz CT molecular complexity index is 463. The van der Waals surface area contributed by atoms with Gasteiger partial charge in [-0.15, -0.1) is 11.3 Å². The lowest BCUT2D eigenvalue weighted by Gasteiger charge is -2.24. The maximum atomic E-state index is 12.4. The Morgan fingerprint density at radius 2 is 2.16 bits per heavy atom. The highest BCUT2D eigenvalue weighted by atomic mass is 32.1. The third kappa shape index (κ3) is 2.84. The van der Waals surface area contributed by atoms with E-state index in [1.54, 1.807) is 11.3 Å². The van der Waals surface area contributed by atoms with Crippen LogP contribution >= 0.6 is 11.3 Å². The lowest BCUT2D eigenvalue weighted by molar-refractivity contribution is 0.0928. The van der Waals surface area contributed by atoms with Crippen LogP contribution in [0.4, 0.5) is 0 Å². The zero-order valence-electron chi connectivity index (χ0n) is 11.5. The number of rotatable bonds is 2. The number of nitrogens with one attached hydrogen (secondary N) is 2. The van der Waals surface area contributed by atoms with Gasteiger partial charge in [-0.3, -0.25) is 4.79 Å². The average Bonchev–Trinajstić information content (AvgIpc) is 2.82. The van der Waals surface area contributed by atoms with Crippen LogP contribution < -0.4 is 10.6 Å². The molecule has 1 atom stereocenters. The van der Waals surface area contributed by atoms with Crippen LogP contribution in [0.2, 0.25) is 0 Å². The van der Waals surface area contributed by atoms with Crippen molar-refractivity contribution in [3.63, 3.8) is 0 Å². The molecule has 0 spiro atoms. The molecule has 1 fully saturated rings. The van der Waals surface area contributed by atoms with E-state index in [0.29, 0.717) is 6.04 Å². The molecule has 0 radical (unpaired) electrons. The average molecular weight is 278 g/mol. The minimum Gasteiger partial charge on any atom is -0.349 e. The van der Waals surface area contributed by atoms with Crippen LogP contribution in [0.3, 0.4) is 0 Å². The molecule has 0 saturated carbocycles. The van der Waals surface area contributed by atoms with E-state index in [1.165, 1.54) is 16.9 Å². The first kappa shape index (κ1) is 13.1. The summed E-state index contributed by atoms with van der Waals surface area (Å²) in [6, 6.07) is 0.354. The molecule has 3 nitrogen and oxygen atoms in total. The number of hydrogen-bond donors (Lipinski definition) is 2. The van der Waals surface area contributed by atoms with Crippen molar-refractivity contribution in [1.82, 2.24) is 10.6 Å². The molecule has 0 aromatic carbocycles. The Labute approximate surface area is 118 Å². The molecule has 104 valence electrons. The van der Waals surface area contributed by atoms with Crippen LogP contribution in [0.25, 0.3) is 0 Å². The van der Waals surface area contributed by atoms with Crippen LogP contribution in [-0.2, 0) is 12.8 Å². The molecule has 2 N–H and O–H groups in total. The number of thiophene rings is 1. The molecule has 1 aliphatic heterocycles. The summed E-state index contributed by atoms with van der Waals surface area (Å²) in [6.07, 6.45) is 5.55. The largest absolute Gasteiger partial charge is 0.349 e. The summed E-state index contributed by atoms with van der Waals surface area (Å²) in [6.45, 7) is 4.34. The van der Waals surface area contributed by atoms with E-state index < -0.39 is 0 Å². The monoisotopic (exact) mass is 278 g/mol. The molecule has 1 aromatic rings. The topological polar surface area (TPSA) is 41.1 Å². The summed E-state index contributed by atoms with van der Waals surface area (Å²) in [5, 5.41) is 8.61. The van der Waals surface area contributed by atoms with Gasteiger partial charge in [-0.25, -0.2) is 0 Å². The molecule has 0 bridgehead atoms. The summed E-state index contributed by atoms with van der Waals surface area (Å²) in [4.78, 5) is 13.8. The highest BCUT2D eigenvalue weighted by Crippen LogP contribution is 2.32. The number of carbonyl (C=O) groups is 1. The van der Waals surface area contributed by atoms with Crippen molar-refractivity contribution < 1.29 is 4.79 Å². The zero-order chi connectivity index (χ0) is 13.2. The molecule has 3 rings (SSSR count). The van der Waals surface area contributed by atoms with Crippen molar-refractivity contribution in [2.45, 2.75) is 45.1 Å². The SMILES string of the molecule is CC1CCc2c(C(=O)NC3CCNCC3)csc2C1. The minimum absolute atomic E-state index is 0.152. The molecule has 19 heavy (non-hydrogen) atoms. The highest BCUT2D eigenvalue weighted by Gasteiger charge is 2.24. The Morgan fingerprint density at radius 3 is 2.95 bits per heavy atom. The number of hydrogen-bond acceptors (Lipinski definition) is 3. The first-order valence-corrected chi connectivity index (χ1v) is 8.23. The summed E-state index contributed by atoms with van der Waals surface area (Å²) in [5.41, 5.74) is 2.28. The van der Waals surface area contributed by atoms with Gasteiger partial charge >= 0.3 is 0 Å². The second-order valence-corrected chi connectivity index (χ2v) is 6.86. The molecule has 1 aliphatic carbocycles. The van der Waals surface area contributed by atoms with Crippen molar-refractivity contribution in [3.05, 3.63) is 21.4 Å². The maximum Gasteiger partial charge on any atom is 0.252 e. The maximum absolute atomic E-state index is 12.4. The predicted molar refractivity (Wildman–Crippen MR) is 78.9 cm³/mol. The van der Waals surface area contributed by atoms with Crippen molar-refractivity contribution in [3.8, 4) is 0 Å². The Kier molecular flexibility index (Phi) is 3.89. The van der Waals surface area contributed by atoms with Gasteiger partial charge in [0.25, 0.3) is 5.91 Å². The van der Waals surface area contributed by atoms with E-state index in [-0.39, 0.29) is 5.91 Å². The first-order valence-electron chi connectivity index (χ1n) is 7.35. The lowest BCUT2D eigenvalue weighted by Crippen LogP contribution is -2.42. The van der Waals surface area contributed by atoms with Gasteiger partial charge in [0.1, 0.15) is 0 Å². The van der Waals surface area contributed by atoms with E-state index in [4.69, 9.17) is 0 Å². The molecular formula is C15H22N2OS.